The second-order valence-corrected chi connectivity index (χ2v) is 6.57. The number of rotatable bonds is 9. The van der Waals surface area contributed by atoms with Crippen molar-refractivity contribution in [1.82, 2.24) is 5.32 Å². The molecule has 3 aromatic rings. The minimum atomic E-state index is -0.397. The van der Waals surface area contributed by atoms with Crippen LogP contribution < -0.4 is 24.8 Å². The van der Waals surface area contributed by atoms with Gasteiger partial charge in [-0.2, -0.15) is 0 Å². The highest BCUT2D eigenvalue weighted by Gasteiger charge is 2.14. The van der Waals surface area contributed by atoms with Crippen molar-refractivity contribution >= 4 is 17.5 Å². The molecular weight excluding hydrogens is 396 g/mol. The fraction of sp³-hybridized carbons (Fsp3) is 0.167. The van der Waals surface area contributed by atoms with Crippen LogP contribution in [0.4, 0.5) is 5.69 Å². The Labute approximate surface area is 180 Å². The van der Waals surface area contributed by atoms with E-state index in [0.29, 0.717) is 35.0 Å². The summed E-state index contributed by atoms with van der Waals surface area (Å²) in [5, 5.41) is 5.59. The van der Waals surface area contributed by atoms with Gasteiger partial charge >= 0.3 is 0 Å². The number of methoxy groups -OCH3 is 2. The lowest BCUT2D eigenvalue weighted by Gasteiger charge is -2.14. The molecule has 160 valence electrons. The summed E-state index contributed by atoms with van der Waals surface area (Å²) in [6.07, 6.45) is 0. The second-order valence-electron chi connectivity index (χ2n) is 6.57. The van der Waals surface area contributed by atoms with E-state index >= 15 is 0 Å². The molecule has 0 aromatic heterocycles. The van der Waals surface area contributed by atoms with Crippen LogP contribution in [0.3, 0.4) is 0 Å². The molecule has 2 amide bonds. The molecule has 7 heteroatoms. The van der Waals surface area contributed by atoms with Gasteiger partial charge in [-0.1, -0.05) is 42.5 Å². The molecule has 0 saturated carbocycles. The van der Waals surface area contributed by atoms with E-state index in [1.807, 2.05) is 30.3 Å². The van der Waals surface area contributed by atoms with E-state index in [-0.39, 0.29) is 12.5 Å². The molecule has 0 spiro atoms. The van der Waals surface area contributed by atoms with Crippen LogP contribution in [0, 0.1) is 0 Å². The molecule has 0 radical (unpaired) electrons. The first-order valence-electron chi connectivity index (χ1n) is 9.66. The molecule has 0 aliphatic rings. The van der Waals surface area contributed by atoms with Gasteiger partial charge in [-0.3, -0.25) is 9.59 Å². The molecule has 0 aliphatic heterocycles. The topological polar surface area (TPSA) is 85.9 Å². The minimum absolute atomic E-state index is 0.274. The summed E-state index contributed by atoms with van der Waals surface area (Å²) >= 11 is 0. The SMILES string of the molecule is COc1ccc(OC)c(NC(=O)COc2ccccc2C(=O)NCc2ccccc2)c1. The van der Waals surface area contributed by atoms with E-state index in [4.69, 9.17) is 14.2 Å². The third-order valence-electron chi connectivity index (χ3n) is 4.47. The van der Waals surface area contributed by atoms with Crippen LogP contribution in [0.2, 0.25) is 0 Å². The Bertz CT molecular complexity index is 1040. The van der Waals surface area contributed by atoms with E-state index in [1.165, 1.54) is 14.2 Å². The van der Waals surface area contributed by atoms with Crippen LogP contribution in [0.15, 0.2) is 72.8 Å². The molecule has 0 unspecified atom stereocenters. The molecule has 3 rings (SSSR count). The molecule has 2 N–H and O–H groups in total. The van der Waals surface area contributed by atoms with Gasteiger partial charge in [0.25, 0.3) is 11.8 Å². The van der Waals surface area contributed by atoms with Gasteiger partial charge < -0.3 is 24.8 Å². The maximum absolute atomic E-state index is 12.6. The first-order valence-corrected chi connectivity index (χ1v) is 9.66. The molecule has 31 heavy (non-hydrogen) atoms. The quantitative estimate of drug-likeness (QED) is 0.552. The van der Waals surface area contributed by atoms with Gasteiger partial charge in [0.2, 0.25) is 0 Å². The van der Waals surface area contributed by atoms with Crippen molar-refractivity contribution in [2.75, 3.05) is 26.1 Å². The van der Waals surface area contributed by atoms with Crippen molar-refractivity contribution in [3.05, 3.63) is 83.9 Å². The molecule has 0 atom stereocenters. The lowest BCUT2D eigenvalue weighted by Crippen LogP contribution is -2.25. The predicted molar refractivity (Wildman–Crippen MR) is 118 cm³/mol. The number of para-hydroxylation sites is 1. The van der Waals surface area contributed by atoms with Crippen LogP contribution >= 0.6 is 0 Å². The van der Waals surface area contributed by atoms with E-state index in [1.54, 1.807) is 42.5 Å². The van der Waals surface area contributed by atoms with Crippen LogP contribution in [-0.4, -0.2) is 32.6 Å². The standard InChI is InChI=1S/C24H24N2O5/c1-29-18-12-13-22(30-2)20(14-18)26-23(27)16-31-21-11-7-6-10-19(21)24(28)25-15-17-8-4-3-5-9-17/h3-14H,15-16H2,1-2H3,(H,25,28)(H,26,27). The van der Waals surface area contributed by atoms with Crippen LogP contribution in [-0.2, 0) is 11.3 Å². The summed E-state index contributed by atoms with van der Waals surface area (Å²) in [6, 6.07) is 21.5. The zero-order valence-corrected chi connectivity index (χ0v) is 17.4. The molecule has 3 aromatic carbocycles. The maximum Gasteiger partial charge on any atom is 0.262 e. The summed E-state index contributed by atoms with van der Waals surface area (Å²) in [4.78, 5) is 25.0. The fourth-order valence-corrected chi connectivity index (χ4v) is 2.89. The van der Waals surface area contributed by atoms with Gasteiger partial charge in [-0.15, -0.1) is 0 Å². The summed E-state index contributed by atoms with van der Waals surface area (Å²) in [7, 11) is 3.05. The van der Waals surface area contributed by atoms with Crippen LogP contribution in [0.5, 0.6) is 17.2 Å². The van der Waals surface area contributed by atoms with Gasteiger partial charge in [-0.05, 0) is 29.8 Å². The highest BCUT2D eigenvalue weighted by Crippen LogP contribution is 2.29. The Kier molecular flexibility index (Phi) is 7.48. The summed E-state index contributed by atoms with van der Waals surface area (Å²) in [5.41, 5.74) is 1.80. The van der Waals surface area contributed by atoms with Crippen molar-refractivity contribution in [3.63, 3.8) is 0 Å². The number of nitrogens with one attached hydrogen (secondary N) is 2. The zero-order valence-electron chi connectivity index (χ0n) is 17.4. The van der Waals surface area contributed by atoms with Crippen molar-refractivity contribution in [3.8, 4) is 17.2 Å². The number of carbonyl (C=O) groups is 2. The van der Waals surface area contributed by atoms with Crippen molar-refractivity contribution < 1.29 is 23.8 Å². The fourth-order valence-electron chi connectivity index (χ4n) is 2.89. The molecule has 0 fully saturated rings. The Morgan fingerprint density at radius 3 is 2.32 bits per heavy atom. The average molecular weight is 420 g/mol. The van der Waals surface area contributed by atoms with E-state index < -0.39 is 5.91 Å². The molecule has 0 heterocycles. The van der Waals surface area contributed by atoms with E-state index in [0.717, 1.165) is 5.56 Å². The van der Waals surface area contributed by atoms with Gasteiger partial charge in [-0.25, -0.2) is 0 Å². The maximum atomic E-state index is 12.6. The average Bonchev–Trinajstić information content (AvgIpc) is 2.82. The Hall–Kier alpha value is -4.00. The zero-order chi connectivity index (χ0) is 22.1. The monoisotopic (exact) mass is 420 g/mol. The van der Waals surface area contributed by atoms with Gasteiger partial charge in [0.05, 0.1) is 25.5 Å². The van der Waals surface area contributed by atoms with Crippen LogP contribution in [0.1, 0.15) is 15.9 Å². The molecular formula is C24H24N2O5. The number of hydrogen-bond acceptors (Lipinski definition) is 5. The highest BCUT2D eigenvalue weighted by molar-refractivity contribution is 5.97. The lowest BCUT2D eigenvalue weighted by molar-refractivity contribution is -0.118. The van der Waals surface area contributed by atoms with E-state index in [9.17, 15) is 9.59 Å². The number of carbonyl (C=O) groups excluding carboxylic acids is 2. The Balaban J connectivity index is 1.62. The predicted octanol–water partition coefficient (Wildman–Crippen LogP) is 3.65. The first kappa shape index (κ1) is 21.7. The Morgan fingerprint density at radius 1 is 0.839 bits per heavy atom. The number of amides is 2. The van der Waals surface area contributed by atoms with E-state index in [2.05, 4.69) is 10.6 Å². The summed E-state index contributed by atoms with van der Waals surface area (Å²) < 4.78 is 16.1. The van der Waals surface area contributed by atoms with Gasteiger partial charge in [0, 0.05) is 12.6 Å². The second kappa shape index (κ2) is 10.7. The van der Waals surface area contributed by atoms with Crippen molar-refractivity contribution in [2.24, 2.45) is 0 Å². The van der Waals surface area contributed by atoms with Gasteiger partial charge in [0.15, 0.2) is 6.61 Å². The van der Waals surface area contributed by atoms with Crippen LogP contribution in [0.25, 0.3) is 0 Å². The number of ether oxygens (including phenoxy) is 3. The first-order chi connectivity index (χ1) is 15.1. The largest absolute Gasteiger partial charge is 0.497 e. The van der Waals surface area contributed by atoms with Crippen molar-refractivity contribution in [1.29, 1.82) is 0 Å². The van der Waals surface area contributed by atoms with Gasteiger partial charge in [0.1, 0.15) is 17.2 Å². The smallest absolute Gasteiger partial charge is 0.262 e. The number of benzene rings is 3. The normalized spacial score (nSPS) is 10.1. The Morgan fingerprint density at radius 2 is 1.58 bits per heavy atom. The third-order valence-corrected chi connectivity index (χ3v) is 4.47. The highest BCUT2D eigenvalue weighted by atomic mass is 16.5. The molecule has 0 saturated heterocycles. The summed E-state index contributed by atoms with van der Waals surface area (Å²) in [6.45, 7) is 0.119. The van der Waals surface area contributed by atoms with Crippen molar-refractivity contribution in [2.45, 2.75) is 6.54 Å². The lowest BCUT2D eigenvalue weighted by atomic mass is 10.1. The molecule has 0 aliphatic carbocycles. The summed E-state index contributed by atoms with van der Waals surface area (Å²) in [5.74, 6) is 0.716. The molecule has 7 nitrogen and oxygen atoms in total. The number of hydrogen-bond donors (Lipinski definition) is 2. The molecule has 0 bridgehead atoms. The number of anilines is 1. The minimum Gasteiger partial charge on any atom is -0.497 e. The third kappa shape index (κ3) is 5.99.